The lowest BCUT2D eigenvalue weighted by atomic mass is 10.2. The number of anilines is 1. The van der Waals surface area contributed by atoms with Gasteiger partial charge in [0.25, 0.3) is 11.5 Å². The van der Waals surface area contributed by atoms with Gasteiger partial charge < -0.3 is 19.2 Å². The number of fused-ring (bicyclic) bond motifs is 2. The van der Waals surface area contributed by atoms with Gasteiger partial charge in [-0.05, 0) is 55.8 Å². The predicted molar refractivity (Wildman–Crippen MR) is 174 cm³/mol. The Morgan fingerprint density at radius 2 is 1.80 bits per heavy atom. The molecule has 0 aliphatic rings. The molecule has 0 aliphatic carbocycles. The van der Waals surface area contributed by atoms with Crippen LogP contribution >= 0.6 is 0 Å². The topological polar surface area (TPSA) is 151 Å². The van der Waals surface area contributed by atoms with Crippen LogP contribution in [-0.2, 0) is 4.79 Å². The molecule has 230 valence electrons. The molecule has 0 saturated carbocycles. The predicted octanol–water partition coefficient (Wildman–Crippen LogP) is 6.32. The van der Waals surface area contributed by atoms with Crippen molar-refractivity contribution in [2.24, 2.45) is 5.10 Å². The maximum absolute atomic E-state index is 13.6. The second kappa shape index (κ2) is 12.7. The molecule has 0 fully saturated rings. The second-order valence-electron chi connectivity index (χ2n) is 10.2. The molecule has 4 aromatic carbocycles. The first-order valence-electron chi connectivity index (χ1n) is 14.3. The molecular weight excluding hydrogens is 590 g/mol. The number of para-hydroxylation sites is 3. The number of amides is 1. The van der Waals surface area contributed by atoms with Crippen molar-refractivity contribution in [1.29, 1.82) is 0 Å². The summed E-state index contributed by atoms with van der Waals surface area (Å²) in [4.78, 5) is 42.4. The van der Waals surface area contributed by atoms with E-state index in [9.17, 15) is 19.7 Å². The van der Waals surface area contributed by atoms with Crippen LogP contribution in [0.15, 0.2) is 105 Å². The fraction of sp³-hybridized carbons (Fsp3) is 0.118. The molecule has 0 bridgehead atoms. The number of aromatic nitrogens is 2. The summed E-state index contributed by atoms with van der Waals surface area (Å²) in [5.41, 5.74) is 1.84. The lowest BCUT2D eigenvalue weighted by molar-refractivity contribution is -0.385. The fourth-order valence-electron chi connectivity index (χ4n) is 4.87. The first-order chi connectivity index (χ1) is 22.3. The Bertz CT molecular complexity index is 2170. The maximum Gasteiger partial charge on any atom is 0.315 e. The van der Waals surface area contributed by atoms with Gasteiger partial charge in [0.2, 0.25) is 11.6 Å². The highest BCUT2D eigenvalue weighted by Gasteiger charge is 2.24. The zero-order chi connectivity index (χ0) is 32.2. The molecule has 0 unspecified atom stereocenters. The van der Waals surface area contributed by atoms with E-state index >= 15 is 0 Å². The number of aryl methyl sites for hydroxylation is 1. The summed E-state index contributed by atoms with van der Waals surface area (Å²) in [6.07, 6.45) is 1.29. The summed E-state index contributed by atoms with van der Waals surface area (Å²) in [6.45, 7) is 3.22. The largest absolute Gasteiger partial charge is 0.490 e. The summed E-state index contributed by atoms with van der Waals surface area (Å²) in [5, 5.41) is 20.4. The number of rotatable bonds is 10. The molecule has 6 rings (SSSR count). The number of benzene rings is 4. The SMILES string of the molecule is CCOc1cc(C=Nn2c(-c3cc4ccccc4o3)nc3ccccc3c2=O)cc([N+](=O)[O-])c1OCC(=O)Nc1ccccc1C. The third-order valence-electron chi connectivity index (χ3n) is 7.04. The number of nitro groups is 1. The van der Waals surface area contributed by atoms with Gasteiger partial charge in [-0.3, -0.25) is 19.7 Å². The van der Waals surface area contributed by atoms with Crippen molar-refractivity contribution in [2.75, 3.05) is 18.5 Å². The van der Waals surface area contributed by atoms with Crippen LogP contribution in [0, 0.1) is 17.0 Å². The van der Waals surface area contributed by atoms with Crippen LogP contribution in [0.2, 0.25) is 0 Å². The van der Waals surface area contributed by atoms with Crippen LogP contribution < -0.4 is 20.3 Å². The number of carbonyl (C=O) groups is 1. The molecule has 2 heterocycles. The van der Waals surface area contributed by atoms with Gasteiger partial charge in [0, 0.05) is 22.7 Å². The summed E-state index contributed by atoms with van der Waals surface area (Å²) in [6, 6.07) is 25.9. The lowest BCUT2D eigenvalue weighted by Gasteiger charge is -2.14. The number of hydrogen-bond donors (Lipinski definition) is 1. The van der Waals surface area contributed by atoms with Gasteiger partial charge in [-0.25, -0.2) is 4.98 Å². The van der Waals surface area contributed by atoms with E-state index in [-0.39, 0.29) is 29.5 Å². The Morgan fingerprint density at radius 3 is 2.59 bits per heavy atom. The summed E-state index contributed by atoms with van der Waals surface area (Å²) >= 11 is 0. The molecule has 6 aromatic rings. The van der Waals surface area contributed by atoms with Crippen LogP contribution in [0.25, 0.3) is 33.5 Å². The van der Waals surface area contributed by atoms with E-state index in [1.54, 1.807) is 55.5 Å². The minimum Gasteiger partial charge on any atom is -0.490 e. The van der Waals surface area contributed by atoms with E-state index in [4.69, 9.17) is 13.9 Å². The van der Waals surface area contributed by atoms with Crippen LogP contribution in [-0.4, -0.2) is 39.9 Å². The zero-order valence-electron chi connectivity index (χ0n) is 24.8. The van der Waals surface area contributed by atoms with Gasteiger partial charge >= 0.3 is 5.69 Å². The van der Waals surface area contributed by atoms with Gasteiger partial charge in [0.05, 0.1) is 28.6 Å². The molecule has 12 nitrogen and oxygen atoms in total. The van der Waals surface area contributed by atoms with Crippen LogP contribution in [0.4, 0.5) is 11.4 Å². The highest BCUT2D eigenvalue weighted by atomic mass is 16.6. The van der Waals surface area contributed by atoms with E-state index < -0.39 is 28.7 Å². The quantitative estimate of drug-likeness (QED) is 0.106. The number of nitro benzene ring substituents is 1. The lowest BCUT2D eigenvalue weighted by Crippen LogP contribution is -2.21. The third kappa shape index (κ3) is 6.04. The number of hydrogen-bond acceptors (Lipinski definition) is 9. The van der Waals surface area contributed by atoms with E-state index in [1.807, 2.05) is 37.3 Å². The Kier molecular flexibility index (Phi) is 8.24. The van der Waals surface area contributed by atoms with Crippen molar-refractivity contribution in [1.82, 2.24) is 9.66 Å². The molecule has 12 heteroatoms. The highest BCUT2D eigenvalue weighted by molar-refractivity contribution is 5.93. The average Bonchev–Trinajstić information content (AvgIpc) is 3.49. The van der Waals surface area contributed by atoms with Crippen LogP contribution in [0.3, 0.4) is 0 Å². The van der Waals surface area contributed by atoms with Gasteiger partial charge in [0.15, 0.2) is 18.1 Å². The average molecular weight is 618 g/mol. The molecule has 0 radical (unpaired) electrons. The molecule has 1 N–H and O–H groups in total. The fourth-order valence-corrected chi connectivity index (χ4v) is 4.87. The van der Waals surface area contributed by atoms with Crippen molar-refractivity contribution in [2.45, 2.75) is 13.8 Å². The monoisotopic (exact) mass is 617 g/mol. The summed E-state index contributed by atoms with van der Waals surface area (Å²) in [5.74, 6) is -0.219. The molecule has 0 atom stereocenters. The van der Waals surface area contributed by atoms with Crippen LogP contribution in [0.1, 0.15) is 18.1 Å². The van der Waals surface area contributed by atoms with E-state index in [1.165, 1.54) is 18.3 Å². The van der Waals surface area contributed by atoms with Gasteiger partial charge in [0.1, 0.15) is 5.58 Å². The number of carbonyl (C=O) groups excluding carboxylic acids is 1. The maximum atomic E-state index is 13.6. The molecule has 46 heavy (non-hydrogen) atoms. The Morgan fingerprint density at radius 1 is 1.04 bits per heavy atom. The van der Waals surface area contributed by atoms with E-state index in [0.717, 1.165) is 15.6 Å². The van der Waals surface area contributed by atoms with Crippen molar-refractivity contribution in [3.8, 4) is 23.1 Å². The van der Waals surface area contributed by atoms with Crippen molar-refractivity contribution >= 4 is 45.4 Å². The molecule has 0 saturated heterocycles. The summed E-state index contributed by atoms with van der Waals surface area (Å²) < 4.78 is 18.4. The Balaban J connectivity index is 1.37. The van der Waals surface area contributed by atoms with Crippen LogP contribution in [0.5, 0.6) is 11.5 Å². The van der Waals surface area contributed by atoms with E-state index in [2.05, 4.69) is 15.4 Å². The molecule has 1 amide bonds. The molecule has 0 aliphatic heterocycles. The molecular formula is C34H27N5O7. The Labute approximate surface area is 261 Å². The minimum absolute atomic E-state index is 0.0309. The normalized spacial score (nSPS) is 11.3. The number of ether oxygens (including phenoxy) is 2. The minimum atomic E-state index is -0.641. The van der Waals surface area contributed by atoms with Gasteiger partial charge in [-0.1, -0.05) is 48.5 Å². The number of furan rings is 1. The van der Waals surface area contributed by atoms with E-state index in [0.29, 0.717) is 27.9 Å². The summed E-state index contributed by atoms with van der Waals surface area (Å²) in [7, 11) is 0. The van der Waals surface area contributed by atoms with Crippen molar-refractivity contribution in [3.63, 3.8) is 0 Å². The highest BCUT2D eigenvalue weighted by Crippen LogP contribution is 2.38. The zero-order valence-corrected chi connectivity index (χ0v) is 24.8. The second-order valence-corrected chi connectivity index (χ2v) is 10.2. The Hall–Kier alpha value is -6.30. The molecule has 2 aromatic heterocycles. The molecule has 0 spiro atoms. The first-order valence-corrected chi connectivity index (χ1v) is 14.3. The van der Waals surface area contributed by atoms with Crippen molar-refractivity contribution in [3.05, 3.63) is 123 Å². The van der Waals surface area contributed by atoms with Gasteiger partial charge in [-0.15, -0.1) is 0 Å². The van der Waals surface area contributed by atoms with Crippen molar-refractivity contribution < 1.29 is 23.6 Å². The smallest absolute Gasteiger partial charge is 0.315 e. The van der Waals surface area contributed by atoms with Gasteiger partial charge in [-0.2, -0.15) is 9.78 Å². The number of nitrogens with one attached hydrogen (secondary N) is 1. The first kappa shape index (κ1) is 29.8. The standard InChI is InChI=1S/C34H27N5O7/c1-3-44-29-17-22(16-27(39(42)43)32(29)45-20-31(40)36-25-13-7-4-10-21(25)2)19-35-38-33(30-18-23-11-5-9-15-28(23)46-30)37-26-14-8-6-12-24(26)34(38)41/h4-19H,3,20H2,1-2H3,(H,36,40). The number of nitrogens with zero attached hydrogens (tertiary/aromatic N) is 4. The third-order valence-corrected chi connectivity index (χ3v) is 7.04.